The fourth-order valence-corrected chi connectivity index (χ4v) is 1.85. The molecule has 0 atom stereocenters. The lowest BCUT2D eigenvalue weighted by Gasteiger charge is -2.15. The topological polar surface area (TPSA) is 12.5 Å². The van der Waals surface area contributed by atoms with Crippen molar-refractivity contribution in [2.24, 2.45) is 0 Å². The summed E-state index contributed by atoms with van der Waals surface area (Å²) in [5.74, 6) is 1.01. The average molecular weight is 223 g/mol. The first-order valence-corrected chi connectivity index (χ1v) is 6.44. The zero-order chi connectivity index (χ0) is 10.8. The van der Waals surface area contributed by atoms with Gasteiger partial charge in [0.1, 0.15) is 5.75 Å². The summed E-state index contributed by atoms with van der Waals surface area (Å²) >= 11 is 1.76. The molecule has 1 aromatic carbocycles. The lowest BCUT2D eigenvalue weighted by atomic mass is 10.3. The molecule has 0 heterocycles. The molecule has 1 aromatic rings. The van der Waals surface area contributed by atoms with Gasteiger partial charge in [0, 0.05) is 30.7 Å². The lowest BCUT2D eigenvalue weighted by Crippen LogP contribution is -2.09. The van der Waals surface area contributed by atoms with Gasteiger partial charge in [-0.25, -0.2) is 0 Å². The number of benzene rings is 1. The van der Waals surface area contributed by atoms with Gasteiger partial charge in [0.05, 0.1) is 6.10 Å². The molecule has 15 heavy (non-hydrogen) atoms. The molecule has 1 fully saturated rings. The highest BCUT2D eigenvalue weighted by Gasteiger charge is 2.23. The molecule has 0 amide bonds. The number of hydrogen-bond acceptors (Lipinski definition) is 3. The molecule has 0 bridgehead atoms. The number of nitrogens with zero attached hydrogens (tertiary/aromatic N) is 1. The van der Waals surface area contributed by atoms with E-state index in [2.05, 4.69) is 43.5 Å². The maximum atomic E-state index is 5.82. The predicted molar refractivity (Wildman–Crippen MR) is 66.2 cm³/mol. The Morgan fingerprint density at radius 1 is 1.27 bits per heavy atom. The lowest BCUT2D eigenvalue weighted by molar-refractivity contribution is 0.302. The van der Waals surface area contributed by atoms with E-state index in [1.165, 1.54) is 23.4 Å². The highest BCUT2D eigenvalue weighted by Crippen LogP contribution is 2.32. The van der Waals surface area contributed by atoms with Gasteiger partial charge in [0.25, 0.3) is 0 Å². The third-order valence-corrected chi connectivity index (χ3v) is 3.15. The molecule has 1 aliphatic carbocycles. The molecule has 0 aromatic heterocycles. The van der Waals surface area contributed by atoms with E-state index in [0.717, 1.165) is 5.75 Å². The Hall–Kier alpha value is -0.830. The van der Waals surface area contributed by atoms with Crippen LogP contribution in [0.25, 0.3) is 0 Å². The number of rotatable bonds is 4. The zero-order valence-electron chi connectivity index (χ0n) is 9.49. The number of ether oxygens (including phenoxy) is 1. The van der Waals surface area contributed by atoms with Gasteiger partial charge in [0.15, 0.2) is 0 Å². The van der Waals surface area contributed by atoms with E-state index in [9.17, 15) is 0 Å². The van der Waals surface area contributed by atoms with Crippen molar-refractivity contribution in [3.8, 4) is 5.75 Å². The Labute approximate surface area is 95.6 Å². The molecule has 0 aliphatic heterocycles. The van der Waals surface area contributed by atoms with E-state index in [1.54, 1.807) is 11.8 Å². The van der Waals surface area contributed by atoms with Gasteiger partial charge in [-0.3, -0.25) is 0 Å². The first kappa shape index (κ1) is 10.7. The second-order valence-corrected chi connectivity index (χ2v) is 4.96. The van der Waals surface area contributed by atoms with Crippen LogP contribution in [-0.2, 0) is 0 Å². The largest absolute Gasteiger partial charge is 0.490 e. The molecule has 1 saturated carbocycles. The summed E-state index contributed by atoms with van der Waals surface area (Å²) in [7, 11) is 4.11. The van der Waals surface area contributed by atoms with Gasteiger partial charge in [-0.05, 0) is 31.2 Å². The smallest absolute Gasteiger partial charge is 0.122 e. The molecular formula is C12H17NOS. The van der Waals surface area contributed by atoms with Crippen molar-refractivity contribution in [2.45, 2.75) is 23.8 Å². The van der Waals surface area contributed by atoms with Crippen molar-refractivity contribution in [3.63, 3.8) is 0 Å². The number of thioether (sulfide) groups is 1. The zero-order valence-corrected chi connectivity index (χ0v) is 10.3. The van der Waals surface area contributed by atoms with Gasteiger partial charge < -0.3 is 9.64 Å². The van der Waals surface area contributed by atoms with Gasteiger partial charge in [-0.1, -0.05) is 0 Å². The van der Waals surface area contributed by atoms with Gasteiger partial charge in [-0.2, -0.15) is 0 Å². The molecule has 2 nitrogen and oxygen atoms in total. The summed E-state index contributed by atoms with van der Waals surface area (Å²) in [6.45, 7) is 0. The second-order valence-electron chi connectivity index (χ2n) is 4.08. The number of anilines is 1. The van der Waals surface area contributed by atoms with Crippen molar-refractivity contribution in [2.75, 3.05) is 25.3 Å². The predicted octanol–water partition coefficient (Wildman–Crippen LogP) is 3.02. The third kappa shape index (κ3) is 2.81. The first-order valence-electron chi connectivity index (χ1n) is 5.22. The van der Waals surface area contributed by atoms with Gasteiger partial charge in [0.2, 0.25) is 0 Å². The van der Waals surface area contributed by atoms with Crippen molar-refractivity contribution in [1.29, 1.82) is 0 Å². The SMILES string of the molecule is CSc1cc(OC2CC2)cc(N(C)C)c1. The summed E-state index contributed by atoms with van der Waals surface area (Å²) in [6, 6.07) is 6.42. The Morgan fingerprint density at radius 3 is 2.53 bits per heavy atom. The van der Waals surface area contributed by atoms with E-state index >= 15 is 0 Å². The molecule has 0 unspecified atom stereocenters. The van der Waals surface area contributed by atoms with Crippen LogP contribution in [0.1, 0.15) is 12.8 Å². The molecular weight excluding hydrogens is 206 g/mol. The summed E-state index contributed by atoms with van der Waals surface area (Å²) in [6.07, 6.45) is 4.98. The van der Waals surface area contributed by atoms with Gasteiger partial charge in [-0.15, -0.1) is 11.8 Å². The van der Waals surface area contributed by atoms with E-state index in [-0.39, 0.29) is 0 Å². The second kappa shape index (κ2) is 4.35. The minimum atomic E-state index is 0.470. The van der Waals surface area contributed by atoms with Gasteiger partial charge >= 0.3 is 0 Å². The standard InChI is InChI=1S/C12H17NOS/c1-13(2)9-6-11(14-10-4-5-10)8-12(7-9)15-3/h6-8,10H,4-5H2,1-3H3. The van der Waals surface area contributed by atoms with Crippen LogP contribution in [-0.4, -0.2) is 26.5 Å². The van der Waals surface area contributed by atoms with E-state index in [1.807, 2.05) is 0 Å². The molecule has 1 aliphatic rings. The monoisotopic (exact) mass is 223 g/mol. The van der Waals surface area contributed by atoms with Crippen LogP contribution < -0.4 is 9.64 Å². The summed E-state index contributed by atoms with van der Waals surface area (Å²) in [5.41, 5.74) is 1.21. The van der Waals surface area contributed by atoms with Crippen LogP contribution in [0.5, 0.6) is 5.75 Å². The third-order valence-electron chi connectivity index (χ3n) is 2.44. The quantitative estimate of drug-likeness (QED) is 0.728. The number of hydrogen-bond donors (Lipinski definition) is 0. The van der Waals surface area contributed by atoms with Crippen LogP contribution in [0.15, 0.2) is 23.1 Å². The highest BCUT2D eigenvalue weighted by atomic mass is 32.2. The van der Waals surface area contributed by atoms with Crippen molar-refractivity contribution in [1.82, 2.24) is 0 Å². The Bertz CT molecular complexity index is 347. The minimum absolute atomic E-state index is 0.470. The molecule has 2 rings (SSSR count). The van der Waals surface area contributed by atoms with Crippen molar-refractivity contribution >= 4 is 17.4 Å². The van der Waals surface area contributed by atoms with E-state index in [4.69, 9.17) is 4.74 Å². The summed E-state index contributed by atoms with van der Waals surface area (Å²) in [5, 5.41) is 0. The Morgan fingerprint density at radius 2 is 2.00 bits per heavy atom. The Balaban J connectivity index is 2.23. The van der Waals surface area contributed by atoms with Crippen LogP contribution in [0.3, 0.4) is 0 Å². The fourth-order valence-electron chi connectivity index (χ4n) is 1.38. The van der Waals surface area contributed by atoms with Crippen LogP contribution in [0.4, 0.5) is 5.69 Å². The molecule has 0 spiro atoms. The Kier molecular flexibility index (Phi) is 3.10. The van der Waals surface area contributed by atoms with Crippen LogP contribution in [0.2, 0.25) is 0 Å². The maximum Gasteiger partial charge on any atom is 0.122 e. The molecule has 0 N–H and O–H groups in total. The highest BCUT2D eigenvalue weighted by molar-refractivity contribution is 7.98. The fraction of sp³-hybridized carbons (Fsp3) is 0.500. The van der Waals surface area contributed by atoms with E-state index < -0.39 is 0 Å². The normalized spacial score (nSPS) is 15.1. The van der Waals surface area contributed by atoms with E-state index in [0.29, 0.717) is 6.10 Å². The average Bonchev–Trinajstić information content (AvgIpc) is 3.01. The molecule has 0 saturated heterocycles. The minimum Gasteiger partial charge on any atom is -0.490 e. The first-order chi connectivity index (χ1) is 7.19. The summed E-state index contributed by atoms with van der Waals surface area (Å²) in [4.78, 5) is 3.37. The van der Waals surface area contributed by atoms with Crippen LogP contribution in [0, 0.1) is 0 Å². The maximum absolute atomic E-state index is 5.82. The van der Waals surface area contributed by atoms with Crippen molar-refractivity contribution < 1.29 is 4.74 Å². The van der Waals surface area contributed by atoms with Crippen LogP contribution >= 0.6 is 11.8 Å². The molecule has 0 radical (unpaired) electrons. The summed E-state index contributed by atoms with van der Waals surface area (Å²) < 4.78 is 5.82. The van der Waals surface area contributed by atoms with Crippen molar-refractivity contribution in [3.05, 3.63) is 18.2 Å². The molecule has 82 valence electrons. The molecule has 3 heteroatoms.